The van der Waals surface area contributed by atoms with E-state index in [9.17, 15) is 0 Å². The van der Waals surface area contributed by atoms with Crippen molar-refractivity contribution in [2.45, 2.75) is 50.1 Å². The van der Waals surface area contributed by atoms with Gasteiger partial charge < -0.3 is 21.4 Å². The highest BCUT2D eigenvalue weighted by Gasteiger charge is 2.31. The molecule has 1 unspecified atom stereocenters. The van der Waals surface area contributed by atoms with Crippen molar-refractivity contribution in [3.8, 4) is 0 Å². The number of halogens is 1. The van der Waals surface area contributed by atoms with Gasteiger partial charge in [-0.15, -0.1) is 0 Å². The molecule has 1 aliphatic carbocycles. The van der Waals surface area contributed by atoms with Crippen molar-refractivity contribution in [3.63, 3.8) is 0 Å². The zero-order valence-corrected chi connectivity index (χ0v) is 21.2. The largest absolute Gasteiger partial charge is 0.398 e. The number of nitrogen functional groups attached to an aromatic ring is 1. The molecule has 1 saturated carbocycles. The molecule has 4 nitrogen and oxygen atoms in total. The predicted molar refractivity (Wildman–Crippen MR) is 150 cm³/mol. The Hall–Kier alpha value is -3.86. The first kappa shape index (κ1) is 24.8. The lowest BCUT2D eigenvalue weighted by Crippen LogP contribution is -2.37. The third kappa shape index (κ3) is 5.46. The summed E-state index contributed by atoms with van der Waals surface area (Å²) >= 11 is 0. The van der Waals surface area contributed by atoms with Crippen molar-refractivity contribution in [2.24, 2.45) is 0 Å². The lowest BCUT2D eigenvalue weighted by atomic mass is 9.95. The van der Waals surface area contributed by atoms with Crippen molar-refractivity contribution in [2.75, 3.05) is 12.3 Å². The molecule has 0 amide bonds. The number of nitrogens with one attached hydrogen (secondary N) is 2. The van der Waals surface area contributed by atoms with Gasteiger partial charge in [-0.3, -0.25) is 0 Å². The van der Waals surface area contributed by atoms with E-state index in [4.69, 9.17) is 11.1 Å². The summed E-state index contributed by atoms with van der Waals surface area (Å²) in [7, 11) is 0. The van der Waals surface area contributed by atoms with E-state index in [1.807, 2.05) is 54.6 Å². The molecular weight excluding hydrogens is 459 g/mol. The predicted octanol–water partition coefficient (Wildman–Crippen LogP) is 6.91. The van der Waals surface area contributed by atoms with Gasteiger partial charge in [0, 0.05) is 41.3 Å². The maximum Gasteiger partial charge on any atom is 0.127 e. The molecule has 3 aromatic carbocycles. The lowest BCUT2D eigenvalue weighted by Gasteiger charge is -2.33. The quantitative estimate of drug-likeness (QED) is 0.212. The molecule has 0 aromatic heterocycles. The van der Waals surface area contributed by atoms with E-state index in [1.165, 1.54) is 0 Å². The minimum Gasteiger partial charge on any atom is -0.398 e. The first-order chi connectivity index (χ1) is 17.9. The summed E-state index contributed by atoms with van der Waals surface area (Å²) in [6.45, 7) is 9.62. The van der Waals surface area contributed by atoms with Crippen molar-refractivity contribution >= 4 is 11.4 Å². The van der Waals surface area contributed by atoms with Crippen LogP contribution < -0.4 is 11.1 Å². The normalized spacial score (nSPS) is 17.9. The van der Waals surface area contributed by atoms with Gasteiger partial charge in [0.1, 0.15) is 5.82 Å². The molecule has 2 aliphatic rings. The molecule has 5 heteroatoms. The van der Waals surface area contributed by atoms with Crippen LogP contribution in [-0.4, -0.2) is 23.2 Å². The van der Waals surface area contributed by atoms with E-state index < -0.39 is 0 Å². The number of allylic oxidation sites excluding steroid dienone is 1. The molecule has 2 fully saturated rings. The molecule has 4 N–H and O–H groups in total. The third-order valence-electron chi connectivity index (χ3n) is 7.57. The Bertz CT molecular complexity index is 1310. The fourth-order valence-corrected chi connectivity index (χ4v) is 5.41. The van der Waals surface area contributed by atoms with Crippen molar-refractivity contribution in [1.82, 2.24) is 10.2 Å². The highest BCUT2D eigenvalue weighted by atomic mass is 19.1. The second kappa shape index (κ2) is 10.6. The van der Waals surface area contributed by atoms with Gasteiger partial charge in [-0.2, -0.15) is 0 Å². The second-order valence-electron chi connectivity index (χ2n) is 10.2. The Labute approximate surface area is 219 Å². The molecule has 1 heterocycles. The molecule has 37 heavy (non-hydrogen) atoms. The Morgan fingerprint density at radius 2 is 1.73 bits per heavy atom. The van der Waals surface area contributed by atoms with Gasteiger partial charge in [-0.25, -0.2) is 4.39 Å². The van der Waals surface area contributed by atoms with Gasteiger partial charge in [0.05, 0.1) is 12.1 Å². The van der Waals surface area contributed by atoms with Crippen LogP contribution in [0.4, 0.5) is 10.1 Å². The highest BCUT2D eigenvalue weighted by Crippen LogP contribution is 2.42. The van der Waals surface area contributed by atoms with Crippen LogP contribution >= 0.6 is 0 Å². The Morgan fingerprint density at radius 3 is 2.43 bits per heavy atom. The number of nitrogens with zero attached hydrogens (tertiary/aromatic N) is 1. The molecule has 2 atom stereocenters. The molecule has 3 aromatic rings. The maximum atomic E-state index is 15.0. The number of anilines is 1. The van der Waals surface area contributed by atoms with Gasteiger partial charge in [-0.05, 0) is 60.4 Å². The molecular formula is C32H35FN4. The summed E-state index contributed by atoms with van der Waals surface area (Å²) in [6, 6.07) is 23.1. The molecule has 0 bridgehead atoms. The number of likely N-dealkylation sites (tertiary alicyclic amines) is 1. The summed E-state index contributed by atoms with van der Waals surface area (Å²) in [6.07, 6.45) is 4.54. The van der Waals surface area contributed by atoms with E-state index in [0.717, 1.165) is 65.9 Å². The smallest absolute Gasteiger partial charge is 0.127 e. The van der Waals surface area contributed by atoms with E-state index in [2.05, 4.69) is 35.5 Å². The number of rotatable bonds is 10. The monoisotopic (exact) mass is 494 g/mol. The molecule has 190 valence electrons. The molecule has 1 saturated heterocycles. The fraction of sp³-hybridized carbons (Fsp3) is 0.281. The molecule has 1 aliphatic heterocycles. The number of para-hydroxylation sites is 1. The summed E-state index contributed by atoms with van der Waals surface area (Å²) in [5, 5.41) is 12.3. The minimum absolute atomic E-state index is 0.0511. The third-order valence-corrected chi connectivity index (χ3v) is 7.57. The van der Waals surface area contributed by atoms with Gasteiger partial charge >= 0.3 is 0 Å². The van der Waals surface area contributed by atoms with E-state index in [0.29, 0.717) is 23.7 Å². The Morgan fingerprint density at radius 1 is 1.00 bits per heavy atom. The van der Waals surface area contributed by atoms with Crippen molar-refractivity contribution in [1.29, 1.82) is 5.41 Å². The first-order valence-electron chi connectivity index (χ1n) is 13.1. The summed E-state index contributed by atoms with van der Waals surface area (Å²) in [5.41, 5.74) is 12.5. The SMILES string of the molecule is C=C(N[C@@H](c1ccccc1)c1ccc(C2CC2)c(F)c1)C1CCCN1C(=C)CC(=N)c1ccccc1N. The van der Waals surface area contributed by atoms with Crippen LogP contribution in [0.3, 0.4) is 0 Å². The molecule has 5 rings (SSSR count). The van der Waals surface area contributed by atoms with Crippen LogP contribution in [0.1, 0.15) is 66.3 Å². The van der Waals surface area contributed by atoms with E-state index >= 15 is 4.39 Å². The number of nitrogens with two attached hydrogens (primary N) is 1. The number of hydrogen-bond donors (Lipinski definition) is 3. The Balaban J connectivity index is 1.33. The summed E-state index contributed by atoms with van der Waals surface area (Å²) in [5.74, 6) is 0.248. The summed E-state index contributed by atoms with van der Waals surface area (Å²) < 4.78 is 15.0. The van der Waals surface area contributed by atoms with Crippen LogP contribution in [0.2, 0.25) is 0 Å². The van der Waals surface area contributed by atoms with Crippen molar-refractivity contribution < 1.29 is 4.39 Å². The molecule has 0 radical (unpaired) electrons. The van der Waals surface area contributed by atoms with Gasteiger partial charge in [-0.1, -0.05) is 73.8 Å². The lowest BCUT2D eigenvalue weighted by molar-refractivity contribution is 0.337. The average molecular weight is 495 g/mol. The van der Waals surface area contributed by atoms with E-state index in [-0.39, 0.29) is 17.9 Å². The van der Waals surface area contributed by atoms with Crippen LogP contribution in [0.15, 0.2) is 97.3 Å². The highest BCUT2D eigenvalue weighted by molar-refractivity contribution is 6.03. The zero-order chi connectivity index (χ0) is 25.9. The van der Waals surface area contributed by atoms with Gasteiger partial charge in [0.25, 0.3) is 0 Å². The number of hydrogen-bond acceptors (Lipinski definition) is 4. The van der Waals surface area contributed by atoms with Crippen LogP contribution in [0.5, 0.6) is 0 Å². The fourth-order valence-electron chi connectivity index (χ4n) is 5.41. The topological polar surface area (TPSA) is 65.1 Å². The second-order valence-corrected chi connectivity index (χ2v) is 10.2. The van der Waals surface area contributed by atoms with Crippen LogP contribution in [-0.2, 0) is 0 Å². The maximum absolute atomic E-state index is 15.0. The minimum atomic E-state index is -0.213. The van der Waals surface area contributed by atoms with Gasteiger partial charge in [0.15, 0.2) is 0 Å². The summed E-state index contributed by atoms with van der Waals surface area (Å²) in [4.78, 5) is 2.25. The van der Waals surface area contributed by atoms with E-state index in [1.54, 1.807) is 6.07 Å². The van der Waals surface area contributed by atoms with Crippen molar-refractivity contribution in [3.05, 3.63) is 125 Å². The van der Waals surface area contributed by atoms with Crippen LogP contribution in [0.25, 0.3) is 0 Å². The zero-order valence-electron chi connectivity index (χ0n) is 21.2. The first-order valence-corrected chi connectivity index (χ1v) is 13.1. The Kier molecular flexibility index (Phi) is 7.13. The standard InChI is InChI=1S/C32H35FN4/c1-21(19-30(35)27-11-6-7-12-29(27)34)37-18-8-13-31(37)22(2)36-32(24-9-4-3-5-10-24)25-16-17-26(23-14-15-23)28(33)20-25/h3-7,9-12,16-17,20,23,31-32,35-36H,1-2,8,13-15,18-19,34H2/t31?,32-/m0/s1. The molecule has 0 spiro atoms. The average Bonchev–Trinajstić information content (AvgIpc) is 3.62. The number of benzene rings is 3. The van der Waals surface area contributed by atoms with Crippen LogP contribution in [0, 0.1) is 11.2 Å². The van der Waals surface area contributed by atoms with Gasteiger partial charge in [0.2, 0.25) is 0 Å².